The summed E-state index contributed by atoms with van der Waals surface area (Å²) in [6, 6.07) is 9.22. The van der Waals surface area contributed by atoms with Crippen molar-refractivity contribution < 1.29 is 4.52 Å². The second-order valence-electron chi connectivity index (χ2n) is 5.33. The maximum atomic E-state index is 5.21. The van der Waals surface area contributed by atoms with Crippen molar-refractivity contribution in [1.29, 1.82) is 0 Å². The number of hydrogen-bond donors (Lipinski definition) is 1. The van der Waals surface area contributed by atoms with Crippen LogP contribution in [0.1, 0.15) is 47.0 Å². The molecule has 1 aromatic heterocycles. The topological polar surface area (TPSA) is 38.1 Å². The van der Waals surface area contributed by atoms with E-state index in [9.17, 15) is 0 Å². The molecule has 0 aliphatic heterocycles. The average molecular weight is 256 g/mol. The van der Waals surface area contributed by atoms with Crippen LogP contribution in [0.5, 0.6) is 0 Å². The van der Waals surface area contributed by atoms with E-state index in [0.29, 0.717) is 6.04 Å². The first-order valence-electron chi connectivity index (χ1n) is 6.98. The lowest BCUT2D eigenvalue weighted by molar-refractivity contribution is 0.390. The van der Waals surface area contributed by atoms with Gasteiger partial charge in [-0.15, -0.1) is 0 Å². The zero-order chi connectivity index (χ0) is 13.2. The van der Waals surface area contributed by atoms with Gasteiger partial charge in [-0.1, -0.05) is 29.4 Å². The number of aryl methyl sites for hydroxylation is 3. The third-order valence-electron chi connectivity index (χ3n) is 4.08. The summed E-state index contributed by atoms with van der Waals surface area (Å²) in [5.41, 5.74) is 5.14. The fraction of sp³-hybridized carbons (Fsp3) is 0.438. The minimum atomic E-state index is 0.457. The van der Waals surface area contributed by atoms with E-state index >= 15 is 0 Å². The molecule has 1 N–H and O–H groups in total. The third kappa shape index (κ3) is 2.43. The van der Waals surface area contributed by atoms with Crippen LogP contribution in [0.4, 0.5) is 0 Å². The first-order valence-corrected chi connectivity index (χ1v) is 6.98. The van der Waals surface area contributed by atoms with Gasteiger partial charge in [0.1, 0.15) is 5.76 Å². The fourth-order valence-corrected chi connectivity index (χ4v) is 2.95. The van der Waals surface area contributed by atoms with Crippen LogP contribution >= 0.6 is 0 Å². The minimum Gasteiger partial charge on any atom is -0.361 e. The van der Waals surface area contributed by atoms with Crippen LogP contribution in [0.25, 0.3) is 0 Å². The van der Waals surface area contributed by atoms with Gasteiger partial charge >= 0.3 is 0 Å². The van der Waals surface area contributed by atoms with Crippen molar-refractivity contribution in [3.05, 3.63) is 52.4 Å². The molecule has 1 aromatic carbocycles. The molecule has 0 saturated heterocycles. The number of hydrogen-bond acceptors (Lipinski definition) is 3. The van der Waals surface area contributed by atoms with Gasteiger partial charge in [-0.25, -0.2) is 0 Å². The first kappa shape index (κ1) is 12.4. The molecule has 0 amide bonds. The predicted octanol–water partition coefficient (Wildman–Crippen LogP) is 3.46. The molecule has 0 radical (unpaired) electrons. The molecule has 1 heterocycles. The highest BCUT2D eigenvalue weighted by molar-refractivity contribution is 5.32. The van der Waals surface area contributed by atoms with E-state index in [0.717, 1.165) is 18.0 Å². The Hall–Kier alpha value is -1.61. The molecule has 0 bridgehead atoms. The first-order chi connectivity index (χ1) is 9.25. The molecule has 3 heteroatoms. The van der Waals surface area contributed by atoms with Crippen LogP contribution < -0.4 is 5.32 Å². The van der Waals surface area contributed by atoms with E-state index in [-0.39, 0.29) is 0 Å². The highest BCUT2D eigenvalue weighted by Gasteiger charge is 2.20. The van der Waals surface area contributed by atoms with Gasteiger partial charge in [0.25, 0.3) is 0 Å². The summed E-state index contributed by atoms with van der Waals surface area (Å²) < 4.78 is 5.21. The Labute approximate surface area is 114 Å². The van der Waals surface area contributed by atoms with Crippen molar-refractivity contribution in [2.75, 3.05) is 0 Å². The Morgan fingerprint density at radius 1 is 1.32 bits per heavy atom. The molecule has 0 fully saturated rings. The van der Waals surface area contributed by atoms with Crippen molar-refractivity contribution in [3.8, 4) is 0 Å². The van der Waals surface area contributed by atoms with Crippen molar-refractivity contribution in [1.82, 2.24) is 10.5 Å². The normalized spacial score (nSPS) is 18.3. The maximum Gasteiger partial charge on any atom is 0.138 e. The summed E-state index contributed by atoms with van der Waals surface area (Å²) in [6.45, 7) is 4.81. The van der Waals surface area contributed by atoms with E-state index in [2.05, 4.69) is 34.7 Å². The van der Waals surface area contributed by atoms with Crippen LogP contribution in [0, 0.1) is 13.8 Å². The van der Waals surface area contributed by atoms with Gasteiger partial charge in [0.05, 0.1) is 5.69 Å². The van der Waals surface area contributed by atoms with Crippen molar-refractivity contribution in [2.24, 2.45) is 0 Å². The number of fused-ring (bicyclic) bond motifs is 1. The van der Waals surface area contributed by atoms with Crippen LogP contribution in [-0.2, 0) is 13.0 Å². The fourth-order valence-electron chi connectivity index (χ4n) is 2.95. The largest absolute Gasteiger partial charge is 0.361 e. The quantitative estimate of drug-likeness (QED) is 0.914. The highest BCUT2D eigenvalue weighted by Crippen LogP contribution is 2.29. The Balaban J connectivity index is 1.75. The zero-order valence-electron chi connectivity index (χ0n) is 11.6. The molecule has 0 saturated carbocycles. The summed E-state index contributed by atoms with van der Waals surface area (Å²) in [7, 11) is 0. The Kier molecular flexibility index (Phi) is 3.38. The molecule has 1 aliphatic rings. The molecule has 0 spiro atoms. The number of aromatic nitrogens is 1. The molecule has 1 atom stereocenters. The second kappa shape index (κ2) is 5.17. The second-order valence-corrected chi connectivity index (χ2v) is 5.33. The monoisotopic (exact) mass is 256 g/mol. The summed E-state index contributed by atoms with van der Waals surface area (Å²) in [6.07, 6.45) is 3.68. The highest BCUT2D eigenvalue weighted by atomic mass is 16.5. The molecule has 1 aliphatic carbocycles. The SMILES string of the molecule is Cc1noc(C)c1CNC1CCCc2ccccc21. The Morgan fingerprint density at radius 2 is 2.16 bits per heavy atom. The lowest BCUT2D eigenvalue weighted by Crippen LogP contribution is -2.25. The summed E-state index contributed by atoms with van der Waals surface area (Å²) in [5, 5.41) is 7.67. The number of rotatable bonds is 3. The lowest BCUT2D eigenvalue weighted by atomic mass is 9.87. The molecule has 100 valence electrons. The number of nitrogens with one attached hydrogen (secondary N) is 1. The van der Waals surface area contributed by atoms with E-state index in [4.69, 9.17) is 4.52 Å². The smallest absolute Gasteiger partial charge is 0.138 e. The number of nitrogens with zero attached hydrogens (tertiary/aromatic N) is 1. The van der Waals surface area contributed by atoms with Crippen LogP contribution in [0.15, 0.2) is 28.8 Å². The standard InChI is InChI=1S/C16H20N2O/c1-11-15(12(2)19-18-11)10-17-16-9-5-7-13-6-3-4-8-14(13)16/h3-4,6,8,16-17H,5,7,9-10H2,1-2H3. The van der Waals surface area contributed by atoms with Crippen molar-refractivity contribution in [2.45, 2.75) is 45.7 Å². The van der Waals surface area contributed by atoms with E-state index in [1.807, 2.05) is 13.8 Å². The summed E-state index contributed by atoms with van der Waals surface area (Å²) in [5.74, 6) is 0.925. The molecule has 3 rings (SSSR count). The molecular formula is C16H20N2O. The van der Waals surface area contributed by atoms with Gasteiger partial charge < -0.3 is 9.84 Å². The maximum absolute atomic E-state index is 5.21. The van der Waals surface area contributed by atoms with Gasteiger partial charge in [0.15, 0.2) is 0 Å². The Bertz CT molecular complexity index is 554. The van der Waals surface area contributed by atoms with E-state index < -0.39 is 0 Å². The molecule has 2 aromatic rings. The summed E-state index contributed by atoms with van der Waals surface area (Å²) in [4.78, 5) is 0. The van der Waals surface area contributed by atoms with Gasteiger partial charge in [-0.2, -0.15) is 0 Å². The zero-order valence-corrected chi connectivity index (χ0v) is 11.6. The average Bonchev–Trinajstić information content (AvgIpc) is 2.76. The molecule has 19 heavy (non-hydrogen) atoms. The van der Waals surface area contributed by atoms with E-state index in [1.165, 1.54) is 36.0 Å². The van der Waals surface area contributed by atoms with Crippen molar-refractivity contribution >= 4 is 0 Å². The number of benzene rings is 1. The Morgan fingerprint density at radius 3 is 2.95 bits per heavy atom. The van der Waals surface area contributed by atoms with Gasteiger partial charge in [0.2, 0.25) is 0 Å². The molecule has 3 nitrogen and oxygen atoms in total. The molecule has 1 unspecified atom stereocenters. The molecular weight excluding hydrogens is 236 g/mol. The van der Waals surface area contributed by atoms with Crippen LogP contribution in [-0.4, -0.2) is 5.16 Å². The van der Waals surface area contributed by atoms with Crippen LogP contribution in [0.2, 0.25) is 0 Å². The van der Waals surface area contributed by atoms with Gasteiger partial charge in [-0.05, 0) is 44.2 Å². The van der Waals surface area contributed by atoms with Crippen LogP contribution in [0.3, 0.4) is 0 Å². The predicted molar refractivity (Wildman–Crippen MR) is 74.9 cm³/mol. The van der Waals surface area contributed by atoms with Gasteiger partial charge in [0, 0.05) is 18.2 Å². The summed E-state index contributed by atoms with van der Waals surface area (Å²) >= 11 is 0. The third-order valence-corrected chi connectivity index (χ3v) is 4.08. The van der Waals surface area contributed by atoms with Gasteiger partial charge in [-0.3, -0.25) is 0 Å². The van der Waals surface area contributed by atoms with E-state index in [1.54, 1.807) is 0 Å². The lowest BCUT2D eigenvalue weighted by Gasteiger charge is -2.26. The minimum absolute atomic E-state index is 0.457. The van der Waals surface area contributed by atoms with Crippen molar-refractivity contribution in [3.63, 3.8) is 0 Å².